The fourth-order valence-corrected chi connectivity index (χ4v) is 4.33. The Morgan fingerprint density at radius 3 is 2.25 bits per heavy atom. The van der Waals surface area contributed by atoms with Gasteiger partial charge in [-0.15, -0.1) is 0 Å². The molecule has 0 aliphatic carbocycles. The molecule has 0 spiro atoms. The summed E-state index contributed by atoms with van der Waals surface area (Å²) in [5, 5.41) is 2.86. The Kier molecular flexibility index (Phi) is 9.95. The van der Waals surface area contributed by atoms with Crippen LogP contribution in [0.5, 0.6) is 0 Å². The fraction of sp³-hybridized carbons (Fsp3) is 0.391. The molecule has 0 radical (unpaired) electrons. The maximum atomic E-state index is 13.4. The summed E-state index contributed by atoms with van der Waals surface area (Å²) in [5.74, 6) is -0.709. The summed E-state index contributed by atoms with van der Waals surface area (Å²) in [6.07, 6.45) is 2.86. The van der Waals surface area contributed by atoms with Crippen molar-refractivity contribution in [2.75, 3.05) is 23.7 Å². The van der Waals surface area contributed by atoms with Crippen LogP contribution in [0.1, 0.15) is 32.3 Å². The molecule has 1 atom stereocenters. The van der Waals surface area contributed by atoms with Gasteiger partial charge in [-0.05, 0) is 65.8 Å². The van der Waals surface area contributed by atoms with Gasteiger partial charge in [0.2, 0.25) is 21.8 Å². The van der Waals surface area contributed by atoms with Gasteiger partial charge in [-0.3, -0.25) is 13.9 Å². The number of carbonyl (C=O) groups is 2. The largest absolute Gasteiger partial charge is 0.354 e. The van der Waals surface area contributed by atoms with Gasteiger partial charge in [0.15, 0.2) is 0 Å². The van der Waals surface area contributed by atoms with Crippen LogP contribution in [-0.2, 0) is 26.2 Å². The second-order valence-electron chi connectivity index (χ2n) is 7.57. The lowest BCUT2D eigenvalue weighted by molar-refractivity contribution is -0.139. The SMILES string of the molecule is CCCCNC(=O)C(C)N(Cc1ccccc1)C(=O)CN(c1ccc(I)cc1)S(C)(=O)=O. The number of nitrogens with one attached hydrogen (secondary N) is 1. The molecular weight excluding hydrogens is 541 g/mol. The lowest BCUT2D eigenvalue weighted by atomic mass is 10.1. The van der Waals surface area contributed by atoms with Crippen molar-refractivity contribution in [1.82, 2.24) is 10.2 Å². The summed E-state index contributed by atoms with van der Waals surface area (Å²) < 4.78 is 27.0. The number of rotatable bonds is 11. The van der Waals surface area contributed by atoms with Gasteiger partial charge in [-0.1, -0.05) is 43.7 Å². The molecule has 32 heavy (non-hydrogen) atoms. The van der Waals surface area contributed by atoms with Crippen LogP contribution in [-0.4, -0.2) is 50.5 Å². The summed E-state index contributed by atoms with van der Waals surface area (Å²) in [7, 11) is -3.71. The molecule has 1 N–H and O–H groups in total. The second kappa shape index (κ2) is 12.2. The van der Waals surface area contributed by atoms with Gasteiger partial charge in [0.1, 0.15) is 12.6 Å². The number of carbonyl (C=O) groups excluding carboxylic acids is 2. The molecule has 9 heteroatoms. The lowest BCUT2D eigenvalue weighted by Gasteiger charge is -2.31. The number of anilines is 1. The van der Waals surface area contributed by atoms with Gasteiger partial charge in [0.05, 0.1) is 11.9 Å². The first-order valence-corrected chi connectivity index (χ1v) is 13.4. The highest BCUT2D eigenvalue weighted by molar-refractivity contribution is 14.1. The molecule has 0 aromatic heterocycles. The van der Waals surface area contributed by atoms with E-state index in [9.17, 15) is 18.0 Å². The van der Waals surface area contributed by atoms with Crippen molar-refractivity contribution in [3.05, 3.63) is 63.7 Å². The minimum atomic E-state index is -3.71. The standard InChI is InChI=1S/C23H30IN3O4S/c1-4-5-15-25-23(29)18(2)26(16-19-9-7-6-8-10-19)22(28)17-27(32(3,30)31)21-13-11-20(24)12-14-21/h6-14,18H,4-5,15-17H2,1-3H3,(H,25,29). The van der Waals surface area contributed by atoms with Crippen LogP contribution in [0, 0.1) is 3.57 Å². The molecule has 0 aliphatic rings. The highest BCUT2D eigenvalue weighted by Crippen LogP contribution is 2.20. The zero-order valence-corrected chi connectivity index (χ0v) is 21.6. The Bertz CT molecular complexity index is 998. The average molecular weight is 571 g/mol. The fourth-order valence-electron chi connectivity index (χ4n) is 3.12. The zero-order chi connectivity index (χ0) is 23.7. The van der Waals surface area contributed by atoms with E-state index in [4.69, 9.17) is 0 Å². The van der Waals surface area contributed by atoms with Crippen LogP contribution in [0.15, 0.2) is 54.6 Å². The predicted molar refractivity (Wildman–Crippen MR) is 136 cm³/mol. The van der Waals surface area contributed by atoms with Crippen molar-refractivity contribution in [1.29, 1.82) is 0 Å². The Hall–Kier alpha value is -2.14. The Morgan fingerprint density at radius 2 is 1.69 bits per heavy atom. The highest BCUT2D eigenvalue weighted by atomic mass is 127. The van der Waals surface area contributed by atoms with E-state index in [-0.39, 0.29) is 12.5 Å². The first-order chi connectivity index (χ1) is 15.1. The van der Waals surface area contributed by atoms with Crippen molar-refractivity contribution < 1.29 is 18.0 Å². The van der Waals surface area contributed by atoms with E-state index in [0.29, 0.717) is 12.2 Å². The minimum absolute atomic E-state index is 0.201. The van der Waals surface area contributed by atoms with Crippen molar-refractivity contribution in [2.24, 2.45) is 0 Å². The van der Waals surface area contributed by atoms with Crippen molar-refractivity contribution in [2.45, 2.75) is 39.3 Å². The number of amides is 2. The third-order valence-electron chi connectivity index (χ3n) is 4.99. The summed E-state index contributed by atoms with van der Waals surface area (Å²) in [4.78, 5) is 27.5. The second-order valence-corrected chi connectivity index (χ2v) is 10.7. The predicted octanol–water partition coefficient (Wildman–Crippen LogP) is 3.39. The number of benzene rings is 2. The molecule has 2 rings (SSSR count). The summed E-state index contributed by atoms with van der Waals surface area (Å²) >= 11 is 2.13. The van der Waals surface area contributed by atoms with Crippen molar-refractivity contribution in [3.8, 4) is 0 Å². The van der Waals surface area contributed by atoms with Gasteiger partial charge in [-0.2, -0.15) is 0 Å². The molecule has 7 nitrogen and oxygen atoms in total. The third-order valence-corrected chi connectivity index (χ3v) is 6.85. The zero-order valence-electron chi connectivity index (χ0n) is 18.6. The monoisotopic (exact) mass is 571 g/mol. The van der Waals surface area contributed by atoms with Crippen molar-refractivity contribution >= 4 is 50.1 Å². The van der Waals surface area contributed by atoms with Crippen LogP contribution >= 0.6 is 22.6 Å². The quantitative estimate of drug-likeness (QED) is 0.331. The molecule has 2 aromatic rings. The first kappa shape index (κ1) is 26.1. The van der Waals surface area contributed by atoms with Gasteiger partial charge >= 0.3 is 0 Å². The number of nitrogens with zero attached hydrogens (tertiary/aromatic N) is 2. The smallest absolute Gasteiger partial charge is 0.244 e. The first-order valence-electron chi connectivity index (χ1n) is 10.5. The van der Waals surface area contributed by atoms with Crippen LogP contribution in [0.3, 0.4) is 0 Å². The van der Waals surface area contributed by atoms with E-state index in [2.05, 4.69) is 27.9 Å². The molecule has 2 amide bonds. The average Bonchev–Trinajstić information content (AvgIpc) is 2.76. The molecular formula is C23H30IN3O4S. The minimum Gasteiger partial charge on any atom is -0.354 e. The molecule has 174 valence electrons. The highest BCUT2D eigenvalue weighted by Gasteiger charge is 2.29. The molecule has 0 bridgehead atoms. The molecule has 0 heterocycles. The summed E-state index contributed by atoms with van der Waals surface area (Å²) in [6, 6.07) is 15.5. The molecule has 0 fully saturated rings. The third kappa shape index (κ3) is 7.77. The molecule has 2 aromatic carbocycles. The summed E-state index contributed by atoms with van der Waals surface area (Å²) in [5.41, 5.74) is 1.26. The number of hydrogen-bond acceptors (Lipinski definition) is 4. The van der Waals surface area contributed by atoms with Gasteiger partial charge in [0, 0.05) is 16.7 Å². The Morgan fingerprint density at radius 1 is 1.06 bits per heavy atom. The van der Waals surface area contributed by atoms with E-state index in [1.807, 2.05) is 37.3 Å². The van der Waals surface area contributed by atoms with Crippen molar-refractivity contribution in [3.63, 3.8) is 0 Å². The van der Waals surface area contributed by atoms with E-state index < -0.39 is 28.5 Å². The Balaban J connectivity index is 2.30. The van der Waals surface area contributed by atoms with Gasteiger partial charge < -0.3 is 10.2 Å². The summed E-state index contributed by atoms with van der Waals surface area (Å²) in [6.45, 7) is 4.04. The van der Waals surface area contributed by atoms with Crippen LogP contribution in [0.25, 0.3) is 0 Å². The molecule has 0 saturated carbocycles. The van der Waals surface area contributed by atoms with E-state index in [0.717, 1.165) is 32.5 Å². The Labute approximate surface area is 204 Å². The number of halogens is 1. The van der Waals surface area contributed by atoms with Crippen LogP contribution in [0.4, 0.5) is 5.69 Å². The maximum absolute atomic E-state index is 13.4. The molecule has 0 aliphatic heterocycles. The maximum Gasteiger partial charge on any atom is 0.244 e. The van der Waals surface area contributed by atoms with Gasteiger partial charge in [-0.25, -0.2) is 8.42 Å². The molecule has 0 saturated heterocycles. The molecule has 1 unspecified atom stereocenters. The van der Waals surface area contributed by atoms with Gasteiger partial charge in [0.25, 0.3) is 0 Å². The van der Waals surface area contributed by atoms with Crippen LogP contribution < -0.4 is 9.62 Å². The van der Waals surface area contributed by atoms with E-state index in [1.165, 1.54) is 4.90 Å². The van der Waals surface area contributed by atoms with E-state index >= 15 is 0 Å². The van der Waals surface area contributed by atoms with E-state index in [1.54, 1.807) is 31.2 Å². The number of sulfonamides is 1. The normalized spacial score (nSPS) is 12.1. The van der Waals surface area contributed by atoms with Crippen LogP contribution in [0.2, 0.25) is 0 Å². The topological polar surface area (TPSA) is 86.8 Å². The number of hydrogen-bond donors (Lipinski definition) is 1. The lowest BCUT2D eigenvalue weighted by Crippen LogP contribution is -2.51. The number of unbranched alkanes of at least 4 members (excludes halogenated alkanes) is 1.